The molecule has 0 radical (unpaired) electrons. The first-order valence-corrected chi connectivity index (χ1v) is 6.61. The van der Waals surface area contributed by atoms with Crippen molar-refractivity contribution in [3.05, 3.63) is 11.9 Å². The summed E-state index contributed by atoms with van der Waals surface area (Å²) in [4.78, 5) is 6.77. The quantitative estimate of drug-likeness (QED) is 0.851. The molecule has 1 aliphatic carbocycles. The molecule has 1 N–H and O–H groups in total. The van der Waals surface area contributed by atoms with E-state index in [2.05, 4.69) is 47.0 Å². The van der Waals surface area contributed by atoms with Crippen molar-refractivity contribution in [1.82, 2.24) is 14.5 Å². The van der Waals surface area contributed by atoms with Crippen molar-refractivity contribution in [3.63, 3.8) is 0 Å². The van der Waals surface area contributed by atoms with Crippen molar-refractivity contribution in [2.75, 3.05) is 32.5 Å². The molecule has 0 aliphatic heterocycles. The maximum atomic E-state index is 4.59. The first-order chi connectivity index (χ1) is 8.16. The molecule has 1 aromatic heterocycles. The maximum absolute atomic E-state index is 4.59. The number of imidazole rings is 1. The Kier molecular flexibility index (Phi) is 4.05. The Morgan fingerprint density at radius 1 is 1.41 bits per heavy atom. The predicted molar refractivity (Wildman–Crippen MR) is 71.5 cm³/mol. The van der Waals surface area contributed by atoms with E-state index in [-0.39, 0.29) is 0 Å². The minimum Gasteiger partial charge on any atom is -0.354 e. The topological polar surface area (TPSA) is 33.1 Å². The molecule has 1 heterocycles. The molecule has 0 atom stereocenters. The van der Waals surface area contributed by atoms with Crippen molar-refractivity contribution in [1.29, 1.82) is 0 Å². The minimum absolute atomic E-state index is 0.665. The molecule has 1 saturated carbocycles. The van der Waals surface area contributed by atoms with E-state index >= 15 is 0 Å². The number of hydrogen-bond acceptors (Lipinski definition) is 3. The number of hydrogen-bond donors (Lipinski definition) is 1. The molecular weight excluding hydrogens is 212 g/mol. The van der Waals surface area contributed by atoms with Crippen molar-refractivity contribution in [3.8, 4) is 0 Å². The fourth-order valence-electron chi connectivity index (χ4n) is 2.50. The molecule has 0 aromatic carbocycles. The summed E-state index contributed by atoms with van der Waals surface area (Å²) < 4.78 is 2.35. The Balaban J connectivity index is 1.99. The summed E-state index contributed by atoms with van der Waals surface area (Å²) in [6.07, 6.45) is 7.52. The Morgan fingerprint density at radius 3 is 2.76 bits per heavy atom. The fourth-order valence-corrected chi connectivity index (χ4v) is 2.50. The molecular formula is C13H24N4. The second-order valence-corrected chi connectivity index (χ2v) is 5.28. The lowest BCUT2D eigenvalue weighted by atomic mass is 10.2. The highest BCUT2D eigenvalue weighted by atomic mass is 15.2. The molecule has 4 heteroatoms. The molecule has 0 unspecified atom stereocenters. The van der Waals surface area contributed by atoms with Crippen molar-refractivity contribution >= 4 is 5.95 Å². The standard InChI is InChI=1S/C13H24N4/c1-11-10-17(12-6-4-5-7-12)13(15-11)14-8-9-16(2)3/h10,12H,4-9H2,1-3H3,(H,14,15). The lowest BCUT2D eigenvalue weighted by Crippen LogP contribution is -2.22. The van der Waals surface area contributed by atoms with Gasteiger partial charge in [0.1, 0.15) is 0 Å². The Hall–Kier alpha value is -1.03. The van der Waals surface area contributed by atoms with E-state index in [1.807, 2.05) is 0 Å². The van der Waals surface area contributed by atoms with Crippen LogP contribution in [-0.4, -0.2) is 41.6 Å². The molecule has 0 saturated heterocycles. The Bertz CT molecular complexity index is 350. The number of nitrogens with zero attached hydrogens (tertiary/aromatic N) is 3. The second kappa shape index (κ2) is 5.54. The summed E-state index contributed by atoms with van der Waals surface area (Å²) in [5, 5.41) is 3.45. The van der Waals surface area contributed by atoms with Crippen LogP contribution in [0.15, 0.2) is 6.20 Å². The third kappa shape index (κ3) is 3.22. The highest BCUT2D eigenvalue weighted by Gasteiger charge is 2.19. The van der Waals surface area contributed by atoms with Crippen LogP contribution in [0.4, 0.5) is 5.95 Å². The molecule has 1 aromatic rings. The minimum atomic E-state index is 0.665. The summed E-state index contributed by atoms with van der Waals surface area (Å²) in [5.41, 5.74) is 1.12. The number of likely N-dealkylation sites (N-methyl/N-ethyl adjacent to an activating group) is 1. The van der Waals surface area contributed by atoms with Gasteiger partial charge in [-0.25, -0.2) is 4.98 Å². The van der Waals surface area contributed by atoms with Gasteiger partial charge in [-0.05, 0) is 33.9 Å². The molecule has 0 spiro atoms. The highest BCUT2D eigenvalue weighted by Crippen LogP contribution is 2.31. The van der Waals surface area contributed by atoms with Gasteiger partial charge >= 0.3 is 0 Å². The third-order valence-electron chi connectivity index (χ3n) is 3.41. The fraction of sp³-hybridized carbons (Fsp3) is 0.769. The summed E-state index contributed by atoms with van der Waals surface area (Å²) in [7, 11) is 4.19. The van der Waals surface area contributed by atoms with Gasteiger partial charge in [0, 0.05) is 25.3 Å². The first-order valence-electron chi connectivity index (χ1n) is 6.61. The number of aryl methyl sites for hydroxylation is 1. The van der Waals surface area contributed by atoms with Crippen LogP contribution in [0, 0.1) is 6.92 Å². The van der Waals surface area contributed by atoms with E-state index < -0.39 is 0 Å². The summed E-state index contributed by atoms with van der Waals surface area (Å²) in [5.74, 6) is 1.05. The zero-order valence-electron chi connectivity index (χ0n) is 11.2. The zero-order chi connectivity index (χ0) is 12.3. The van der Waals surface area contributed by atoms with Gasteiger partial charge in [0.15, 0.2) is 0 Å². The van der Waals surface area contributed by atoms with Crippen LogP contribution in [0.3, 0.4) is 0 Å². The van der Waals surface area contributed by atoms with Crippen LogP contribution in [0.5, 0.6) is 0 Å². The molecule has 17 heavy (non-hydrogen) atoms. The van der Waals surface area contributed by atoms with E-state index in [9.17, 15) is 0 Å². The van der Waals surface area contributed by atoms with Crippen molar-refractivity contribution in [2.24, 2.45) is 0 Å². The average molecular weight is 236 g/mol. The van der Waals surface area contributed by atoms with Gasteiger partial charge in [-0.3, -0.25) is 0 Å². The molecule has 4 nitrogen and oxygen atoms in total. The van der Waals surface area contributed by atoms with Crippen molar-refractivity contribution in [2.45, 2.75) is 38.6 Å². The Morgan fingerprint density at radius 2 is 2.12 bits per heavy atom. The SMILES string of the molecule is Cc1cn(C2CCCC2)c(NCCN(C)C)n1. The smallest absolute Gasteiger partial charge is 0.203 e. The van der Waals surface area contributed by atoms with Crippen molar-refractivity contribution < 1.29 is 0 Å². The second-order valence-electron chi connectivity index (χ2n) is 5.28. The summed E-state index contributed by atoms with van der Waals surface area (Å²) in [6.45, 7) is 4.06. The maximum Gasteiger partial charge on any atom is 0.203 e. The molecule has 96 valence electrons. The zero-order valence-corrected chi connectivity index (χ0v) is 11.2. The van der Waals surface area contributed by atoms with Crippen LogP contribution in [0.1, 0.15) is 37.4 Å². The van der Waals surface area contributed by atoms with Gasteiger partial charge in [0.05, 0.1) is 5.69 Å². The normalized spacial score (nSPS) is 16.9. The Labute approximate surface area is 104 Å². The highest BCUT2D eigenvalue weighted by molar-refractivity contribution is 5.29. The van der Waals surface area contributed by atoms with E-state index in [0.29, 0.717) is 6.04 Å². The van der Waals surface area contributed by atoms with Gasteiger partial charge in [-0.1, -0.05) is 12.8 Å². The van der Waals surface area contributed by atoms with Crippen LogP contribution in [0.25, 0.3) is 0 Å². The lowest BCUT2D eigenvalue weighted by molar-refractivity contribution is 0.423. The van der Waals surface area contributed by atoms with Gasteiger partial charge in [0.25, 0.3) is 0 Å². The predicted octanol–water partition coefficient (Wildman–Crippen LogP) is 2.28. The number of nitrogens with one attached hydrogen (secondary N) is 1. The monoisotopic (exact) mass is 236 g/mol. The number of aromatic nitrogens is 2. The van der Waals surface area contributed by atoms with E-state index in [1.165, 1.54) is 25.7 Å². The summed E-state index contributed by atoms with van der Waals surface area (Å²) in [6, 6.07) is 0.665. The van der Waals surface area contributed by atoms with E-state index in [0.717, 1.165) is 24.7 Å². The number of rotatable bonds is 5. The van der Waals surface area contributed by atoms with Gasteiger partial charge in [0.2, 0.25) is 5.95 Å². The first kappa shape index (κ1) is 12.4. The summed E-state index contributed by atoms with van der Waals surface area (Å²) >= 11 is 0. The molecule has 0 amide bonds. The van der Waals surface area contributed by atoms with Crippen LogP contribution in [0.2, 0.25) is 0 Å². The molecule has 2 rings (SSSR count). The van der Waals surface area contributed by atoms with E-state index in [4.69, 9.17) is 0 Å². The van der Waals surface area contributed by atoms with Crippen LogP contribution < -0.4 is 5.32 Å². The largest absolute Gasteiger partial charge is 0.354 e. The van der Waals surface area contributed by atoms with Crippen LogP contribution >= 0.6 is 0 Å². The molecule has 0 bridgehead atoms. The van der Waals surface area contributed by atoms with Crippen LogP contribution in [-0.2, 0) is 0 Å². The molecule has 1 fully saturated rings. The van der Waals surface area contributed by atoms with Gasteiger partial charge < -0.3 is 14.8 Å². The van der Waals surface area contributed by atoms with E-state index in [1.54, 1.807) is 0 Å². The third-order valence-corrected chi connectivity index (χ3v) is 3.41. The molecule has 1 aliphatic rings. The van der Waals surface area contributed by atoms with Gasteiger partial charge in [-0.15, -0.1) is 0 Å². The van der Waals surface area contributed by atoms with Gasteiger partial charge in [-0.2, -0.15) is 0 Å². The lowest BCUT2D eigenvalue weighted by Gasteiger charge is -2.16. The average Bonchev–Trinajstić information content (AvgIpc) is 2.86. The number of anilines is 1.